The fourth-order valence-electron chi connectivity index (χ4n) is 2.71. The number of amides is 3. The first-order valence-corrected chi connectivity index (χ1v) is 10.0. The van der Waals surface area contributed by atoms with Crippen molar-refractivity contribution in [1.82, 2.24) is 9.80 Å². The molecule has 0 aliphatic carbocycles. The highest BCUT2D eigenvalue weighted by atomic mass is 32.2. The molecule has 0 atom stereocenters. The summed E-state index contributed by atoms with van der Waals surface area (Å²) in [6.45, 7) is 5.17. The Morgan fingerprint density at radius 1 is 1.21 bits per heavy atom. The van der Waals surface area contributed by atoms with Gasteiger partial charge in [-0.3, -0.25) is 19.3 Å². The summed E-state index contributed by atoms with van der Waals surface area (Å²) in [5.41, 5.74) is 0.753. The van der Waals surface area contributed by atoms with Crippen LogP contribution in [-0.2, 0) is 9.59 Å². The van der Waals surface area contributed by atoms with Crippen LogP contribution in [0, 0.1) is 12.3 Å². The Kier molecular flexibility index (Phi) is 8.15. The molecule has 0 saturated carbocycles. The molecule has 0 aromatic heterocycles. The maximum Gasteiger partial charge on any atom is 0.294 e. The number of nitrogens with zero attached hydrogens (tertiary/aromatic N) is 2. The number of carbonyl (C=O) groups excluding carboxylic acids is 3. The largest absolute Gasteiger partial charge is 0.481 e. The summed E-state index contributed by atoms with van der Waals surface area (Å²) in [4.78, 5) is 40.3. The first-order valence-electron chi connectivity index (χ1n) is 9.19. The molecule has 1 saturated heterocycles. The molecule has 1 heterocycles. The number of imide groups is 1. The minimum Gasteiger partial charge on any atom is -0.481 e. The highest BCUT2D eigenvalue weighted by Crippen LogP contribution is 2.32. The maximum atomic E-state index is 12.6. The highest BCUT2D eigenvalue weighted by molar-refractivity contribution is 8.18. The maximum absolute atomic E-state index is 12.6. The van der Waals surface area contributed by atoms with Crippen LogP contribution in [0.5, 0.6) is 5.75 Å². The van der Waals surface area contributed by atoms with Crippen molar-refractivity contribution in [3.8, 4) is 18.1 Å². The number of thioether (sulfide) groups is 1. The number of rotatable bonds is 9. The van der Waals surface area contributed by atoms with Gasteiger partial charge in [0.2, 0.25) is 5.91 Å². The fourth-order valence-corrected chi connectivity index (χ4v) is 3.55. The molecule has 1 aliphatic heterocycles. The van der Waals surface area contributed by atoms with E-state index in [-0.39, 0.29) is 19.1 Å². The highest BCUT2D eigenvalue weighted by Gasteiger charge is 2.36. The van der Waals surface area contributed by atoms with Gasteiger partial charge in [-0.15, -0.1) is 6.42 Å². The van der Waals surface area contributed by atoms with E-state index in [4.69, 9.17) is 11.2 Å². The number of carbonyl (C=O) groups is 3. The first kappa shape index (κ1) is 21.6. The normalized spacial score (nSPS) is 15.0. The minimum absolute atomic E-state index is 0.180. The molecule has 6 nitrogen and oxygen atoms in total. The van der Waals surface area contributed by atoms with Crippen LogP contribution < -0.4 is 4.74 Å². The van der Waals surface area contributed by atoms with Crippen molar-refractivity contribution in [3.05, 3.63) is 34.7 Å². The molecule has 0 unspecified atom stereocenters. The monoisotopic (exact) mass is 400 g/mol. The summed E-state index contributed by atoms with van der Waals surface area (Å²) in [7, 11) is 0. The van der Waals surface area contributed by atoms with Crippen molar-refractivity contribution >= 4 is 34.9 Å². The lowest BCUT2D eigenvalue weighted by atomic mass is 10.2. The topological polar surface area (TPSA) is 66.9 Å². The molecule has 2 rings (SSSR count). The Labute approximate surface area is 169 Å². The van der Waals surface area contributed by atoms with Crippen LogP contribution in [0.15, 0.2) is 29.2 Å². The van der Waals surface area contributed by atoms with Crippen LogP contribution in [0.4, 0.5) is 4.79 Å². The predicted octanol–water partition coefficient (Wildman–Crippen LogP) is 3.38. The number of benzene rings is 1. The third-order valence-corrected chi connectivity index (χ3v) is 4.91. The van der Waals surface area contributed by atoms with Crippen LogP contribution >= 0.6 is 11.8 Å². The van der Waals surface area contributed by atoms with Gasteiger partial charge in [-0.05, 0) is 48.4 Å². The zero-order chi connectivity index (χ0) is 20.5. The van der Waals surface area contributed by atoms with E-state index >= 15 is 0 Å². The molecule has 0 radical (unpaired) electrons. The van der Waals surface area contributed by atoms with Crippen LogP contribution in [0.1, 0.15) is 32.3 Å². The average molecular weight is 401 g/mol. The first-order chi connectivity index (χ1) is 13.5. The molecule has 28 heavy (non-hydrogen) atoms. The van der Waals surface area contributed by atoms with E-state index in [2.05, 4.69) is 5.92 Å². The summed E-state index contributed by atoms with van der Waals surface area (Å²) in [6.07, 6.45) is 8.45. The number of hydrogen-bond donors (Lipinski definition) is 0. The molecule has 0 bridgehead atoms. The number of terminal acetylenes is 1. The minimum atomic E-state index is -0.441. The molecule has 0 N–H and O–H groups in total. The van der Waals surface area contributed by atoms with Gasteiger partial charge in [0.15, 0.2) is 0 Å². The Bertz CT molecular complexity index is 790. The quantitative estimate of drug-likeness (QED) is 0.470. The van der Waals surface area contributed by atoms with Crippen LogP contribution in [-0.4, -0.2) is 53.1 Å². The van der Waals surface area contributed by atoms with E-state index in [1.54, 1.807) is 35.2 Å². The second-order valence-electron chi connectivity index (χ2n) is 6.21. The molecule has 1 aliphatic rings. The van der Waals surface area contributed by atoms with Gasteiger partial charge < -0.3 is 9.64 Å². The van der Waals surface area contributed by atoms with Gasteiger partial charge in [0, 0.05) is 13.1 Å². The van der Waals surface area contributed by atoms with Gasteiger partial charge in [0.05, 0.1) is 4.91 Å². The molecule has 1 aromatic rings. The smallest absolute Gasteiger partial charge is 0.294 e. The molecular formula is C21H24N2O4S. The standard InChI is InChI=1S/C21H24N2O4S/c1-4-11-22(12-5-2)19(24)15-23-20(25)18(28-21(23)26)14-16-7-9-17(10-8-16)27-13-6-3/h3,7-10,14H,4-5,11-13,15H2,1-2H3/b18-14-. The Morgan fingerprint density at radius 2 is 1.86 bits per heavy atom. The van der Waals surface area contributed by atoms with Gasteiger partial charge in [0.25, 0.3) is 11.1 Å². The van der Waals surface area contributed by atoms with Gasteiger partial charge in [-0.1, -0.05) is 31.9 Å². The van der Waals surface area contributed by atoms with Crippen LogP contribution in [0.3, 0.4) is 0 Å². The van der Waals surface area contributed by atoms with Gasteiger partial charge in [0.1, 0.15) is 18.9 Å². The lowest BCUT2D eigenvalue weighted by Gasteiger charge is -2.23. The van der Waals surface area contributed by atoms with Crippen molar-refractivity contribution in [2.24, 2.45) is 0 Å². The third kappa shape index (κ3) is 5.64. The predicted molar refractivity (Wildman–Crippen MR) is 111 cm³/mol. The molecule has 1 aromatic carbocycles. The second-order valence-corrected chi connectivity index (χ2v) is 7.20. The lowest BCUT2D eigenvalue weighted by Crippen LogP contribution is -2.42. The van der Waals surface area contributed by atoms with Crippen molar-refractivity contribution in [2.45, 2.75) is 26.7 Å². The molecule has 0 spiro atoms. The average Bonchev–Trinajstić information content (AvgIpc) is 2.94. The molecule has 1 fully saturated rings. The van der Waals surface area contributed by atoms with Crippen molar-refractivity contribution in [1.29, 1.82) is 0 Å². The third-order valence-electron chi connectivity index (χ3n) is 4.01. The van der Waals surface area contributed by atoms with E-state index in [0.717, 1.165) is 35.1 Å². The summed E-state index contributed by atoms with van der Waals surface area (Å²) in [6, 6.07) is 7.03. The van der Waals surface area contributed by atoms with Gasteiger partial charge in [-0.25, -0.2) is 0 Å². The van der Waals surface area contributed by atoms with E-state index < -0.39 is 11.1 Å². The number of ether oxygens (including phenoxy) is 1. The summed E-state index contributed by atoms with van der Waals surface area (Å²) in [5.74, 6) is 2.37. The Balaban J connectivity index is 2.07. The summed E-state index contributed by atoms with van der Waals surface area (Å²) >= 11 is 0.845. The zero-order valence-corrected chi connectivity index (χ0v) is 17.0. The fraction of sp³-hybridized carbons (Fsp3) is 0.381. The van der Waals surface area contributed by atoms with Crippen LogP contribution in [0.2, 0.25) is 0 Å². The summed E-state index contributed by atoms with van der Waals surface area (Å²) in [5, 5.41) is -0.425. The second kappa shape index (κ2) is 10.6. The van der Waals surface area contributed by atoms with E-state index in [9.17, 15) is 14.4 Å². The van der Waals surface area contributed by atoms with Gasteiger partial charge >= 0.3 is 0 Å². The number of hydrogen-bond acceptors (Lipinski definition) is 5. The molecule has 7 heteroatoms. The van der Waals surface area contributed by atoms with Crippen molar-refractivity contribution < 1.29 is 19.1 Å². The molecular weight excluding hydrogens is 376 g/mol. The van der Waals surface area contributed by atoms with E-state index in [0.29, 0.717) is 23.7 Å². The molecule has 148 valence electrons. The Morgan fingerprint density at radius 3 is 2.43 bits per heavy atom. The summed E-state index contributed by atoms with van der Waals surface area (Å²) < 4.78 is 5.31. The van der Waals surface area contributed by atoms with Gasteiger partial charge in [-0.2, -0.15) is 0 Å². The Hall–Kier alpha value is -2.72. The lowest BCUT2D eigenvalue weighted by molar-refractivity contribution is -0.135. The van der Waals surface area contributed by atoms with E-state index in [1.807, 2.05) is 13.8 Å². The molecule has 3 amide bonds. The van der Waals surface area contributed by atoms with E-state index in [1.165, 1.54) is 0 Å². The van der Waals surface area contributed by atoms with Crippen molar-refractivity contribution in [2.75, 3.05) is 26.2 Å². The van der Waals surface area contributed by atoms with Crippen molar-refractivity contribution in [3.63, 3.8) is 0 Å². The SMILES string of the molecule is C#CCOc1ccc(/C=C2\SC(=O)N(CC(=O)N(CCC)CCC)C2=O)cc1. The zero-order valence-electron chi connectivity index (χ0n) is 16.1. The van der Waals surface area contributed by atoms with Crippen LogP contribution in [0.25, 0.3) is 6.08 Å².